The van der Waals surface area contributed by atoms with Crippen molar-refractivity contribution in [3.8, 4) is 0 Å². The van der Waals surface area contributed by atoms with Crippen LogP contribution in [0.3, 0.4) is 0 Å². The van der Waals surface area contributed by atoms with Gasteiger partial charge in [-0.3, -0.25) is 4.79 Å². The van der Waals surface area contributed by atoms with E-state index in [1.807, 2.05) is 13.1 Å². The van der Waals surface area contributed by atoms with Gasteiger partial charge in [-0.05, 0) is 31.4 Å². The van der Waals surface area contributed by atoms with Crippen LogP contribution in [0.2, 0.25) is 0 Å². The summed E-state index contributed by atoms with van der Waals surface area (Å²) in [5, 5.41) is 2.85. The van der Waals surface area contributed by atoms with Crippen LogP contribution in [0.25, 0.3) is 0 Å². The highest BCUT2D eigenvalue weighted by atomic mass is 19.1. The van der Waals surface area contributed by atoms with Crippen LogP contribution in [0.1, 0.15) is 28.2 Å². The van der Waals surface area contributed by atoms with Crippen molar-refractivity contribution >= 4 is 5.91 Å². The van der Waals surface area contributed by atoms with Crippen molar-refractivity contribution in [1.82, 2.24) is 14.9 Å². The third-order valence-corrected chi connectivity index (χ3v) is 3.95. The molecule has 5 heteroatoms. The van der Waals surface area contributed by atoms with Crippen molar-refractivity contribution < 1.29 is 9.18 Å². The van der Waals surface area contributed by atoms with E-state index in [0.717, 1.165) is 30.8 Å². The van der Waals surface area contributed by atoms with Crippen LogP contribution in [-0.2, 0) is 13.0 Å². The first-order chi connectivity index (χ1) is 10.1. The summed E-state index contributed by atoms with van der Waals surface area (Å²) in [6.07, 6.45) is 5.68. The molecule has 2 heterocycles. The fourth-order valence-electron chi connectivity index (χ4n) is 2.75. The molecular weight excluding hydrogens is 269 g/mol. The van der Waals surface area contributed by atoms with Crippen LogP contribution in [0.4, 0.5) is 4.39 Å². The number of halogens is 1. The molecule has 1 aromatic heterocycles. The molecule has 3 rings (SSSR count). The fourth-order valence-corrected chi connectivity index (χ4v) is 2.75. The molecule has 0 spiro atoms. The standard InChI is InChI=1S/C16H18FN3O/c1-11-2-4-14(17)13(8-11)16(21)19-9-12-3-5-15-18-6-7-20(15)10-12/h2,4,6-8,12H,3,5,9-10H2,1H3,(H,19,21)/t12-/m1/s1. The van der Waals surface area contributed by atoms with Crippen LogP contribution in [0.5, 0.6) is 0 Å². The average Bonchev–Trinajstić information content (AvgIpc) is 2.94. The largest absolute Gasteiger partial charge is 0.352 e. The van der Waals surface area contributed by atoms with Gasteiger partial charge in [0.1, 0.15) is 11.6 Å². The van der Waals surface area contributed by atoms with Gasteiger partial charge < -0.3 is 9.88 Å². The predicted octanol–water partition coefficient (Wildman–Crippen LogP) is 2.32. The fraction of sp³-hybridized carbons (Fsp3) is 0.375. The Hall–Kier alpha value is -2.17. The summed E-state index contributed by atoms with van der Waals surface area (Å²) in [6.45, 7) is 3.26. The number of rotatable bonds is 3. The van der Waals surface area contributed by atoms with E-state index in [1.54, 1.807) is 18.3 Å². The van der Waals surface area contributed by atoms with Crippen LogP contribution in [-0.4, -0.2) is 22.0 Å². The van der Waals surface area contributed by atoms with Crippen LogP contribution in [0, 0.1) is 18.7 Å². The van der Waals surface area contributed by atoms with Gasteiger partial charge in [0.2, 0.25) is 0 Å². The number of carbonyl (C=O) groups is 1. The molecule has 0 radical (unpaired) electrons. The average molecular weight is 287 g/mol. The Morgan fingerprint density at radius 3 is 3.24 bits per heavy atom. The molecular formula is C16H18FN3O. The SMILES string of the molecule is Cc1ccc(F)c(C(=O)NC[C@H]2CCc3nccn3C2)c1. The molecule has 0 saturated heterocycles. The van der Waals surface area contributed by atoms with E-state index >= 15 is 0 Å². The normalized spacial score (nSPS) is 17.3. The summed E-state index contributed by atoms with van der Waals surface area (Å²) in [7, 11) is 0. The quantitative estimate of drug-likeness (QED) is 0.941. The molecule has 0 aliphatic carbocycles. The summed E-state index contributed by atoms with van der Waals surface area (Å²) < 4.78 is 15.8. The number of carbonyl (C=O) groups excluding carboxylic acids is 1. The molecule has 110 valence electrons. The lowest BCUT2D eigenvalue weighted by atomic mass is 9.99. The molecule has 0 bridgehead atoms. The summed E-state index contributed by atoms with van der Waals surface area (Å²) in [4.78, 5) is 16.4. The lowest BCUT2D eigenvalue weighted by Gasteiger charge is -2.24. The number of amides is 1. The third kappa shape index (κ3) is 2.96. The zero-order chi connectivity index (χ0) is 14.8. The number of aryl methyl sites for hydroxylation is 2. The van der Waals surface area contributed by atoms with Gasteiger partial charge in [-0.25, -0.2) is 9.37 Å². The third-order valence-electron chi connectivity index (χ3n) is 3.95. The van der Waals surface area contributed by atoms with E-state index in [9.17, 15) is 9.18 Å². The van der Waals surface area contributed by atoms with Crippen molar-refractivity contribution in [1.29, 1.82) is 0 Å². The molecule has 0 fully saturated rings. The summed E-state index contributed by atoms with van der Waals surface area (Å²) >= 11 is 0. The number of nitrogens with zero attached hydrogens (tertiary/aromatic N) is 2. The minimum atomic E-state index is -0.473. The first-order valence-corrected chi connectivity index (χ1v) is 7.18. The Morgan fingerprint density at radius 2 is 2.38 bits per heavy atom. The Kier molecular flexibility index (Phi) is 3.73. The summed E-state index contributed by atoms with van der Waals surface area (Å²) in [5.74, 6) is 0.650. The summed E-state index contributed by atoms with van der Waals surface area (Å²) in [5.41, 5.74) is 0.997. The number of hydrogen-bond acceptors (Lipinski definition) is 2. The second-order valence-electron chi connectivity index (χ2n) is 5.59. The van der Waals surface area contributed by atoms with Gasteiger partial charge in [-0.2, -0.15) is 0 Å². The number of hydrogen-bond donors (Lipinski definition) is 1. The zero-order valence-electron chi connectivity index (χ0n) is 12.0. The van der Waals surface area contributed by atoms with E-state index in [-0.39, 0.29) is 11.5 Å². The van der Waals surface area contributed by atoms with Crippen molar-refractivity contribution in [3.63, 3.8) is 0 Å². The lowest BCUT2D eigenvalue weighted by molar-refractivity contribution is 0.0939. The monoisotopic (exact) mass is 287 g/mol. The van der Waals surface area contributed by atoms with Gasteiger partial charge in [0.25, 0.3) is 5.91 Å². The Bertz CT molecular complexity index is 665. The highest BCUT2D eigenvalue weighted by Gasteiger charge is 2.20. The Labute approximate surface area is 123 Å². The Morgan fingerprint density at radius 1 is 1.52 bits per heavy atom. The molecule has 0 unspecified atom stereocenters. The lowest BCUT2D eigenvalue weighted by Crippen LogP contribution is -2.34. The zero-order valence-corrected chi connectivity index (χ0v) is 12.0. The number of nitrogens with one attached hydrogen (secondary N) is 1. The molecule has 0 saturated carbocycles. The van der Waals surface area contributed by atoms with E-state index in [1.165, 1.54) is 6.07 Å². The Balaban J connectivity index is 1.61. The molecule has 1 aliphatic heterocycles. The smallest absolute Gasteiger partial charge is 0.254 e. The van der Waals surface area contributed by atoms with Crippen LogP contribution < -0.4 is 5.32 Å². The van der Waals surface area contributed by atoms with Crippen molar-refractivity contribution in [3.05, 3.63) is 53.4 Å². The molecule has 1 aliphatic rings. The molecule has 1 atom stereocenters. The maximum absolute atomic E-state index is 13.7. The maximum atomic E-state index is 13.7. The number of aromatic nitrogens is 2. The highest BCUT2D eigenvalue weighted by Crippen LogP contribution is 2.18. The minimum Gasteiger partial charge on any atom is -0.352 e. The molecule has 1 amide bonds. The molecule has 1 aromatic carbocycles. The minimum absolute atomic E-state index is 0.120. The van der Waals surface area contributed by atoms with Crippen molar-refractivity contribution in [2.24, 2.45) is 5.92 Å². The molecule has 21 heavy (non-hydrogen) atoms. The van der Waals surface area contributed by atoms with E-state index in [0.29, 0.717) is 12.5 Å². The van der Waals surface area contributed by atoms with Gasteiger partial charge in [-0.15, -0.1) is 0 Å². The first-order valence-electron chi connectivity index (χ1n) is 7.18. The second-order valence-corrected chi connectivity index (χ2v) is 5.59. The van der Waals surface area contributed by atoms with E-state index < -0.39 is 5.82 Å². The van der Waals surface area contributed by atoms with E-state index in [2.05, 4.69) is 14.9 Å². The van der Waals surface area contributed by atoms with E-state index in [4.69, 9.17) is 0 Å². The van der Waals surface area contributed by atoms with Crippen molar-refractivity contribution in [2.75, 3.05) is 6.54 Å². The molecule has 2 aromatic rings. The topological polar surface area (TPSA) is 46.9 Å². The van der Waals surface area contributed by atoms with Gasteiger partial charge >= 0.3 is 0 Å². The first kappa shape index (κ1) is 13.8. The van der Waals surface area contributed by atoms with Crippen LogP contribution >= 0.6 is 0 Å². The number of imidazole rings is 1. The van der Waals surface area contributed by atoms with Crippen LogP contribution in [0.15, 0.2) is 30.6 Å². The number of benzene rings is 1. The maximum Gasteiger partial charge on any atom is 0.254 e. The van der Waals surface area contributed by atoms with Crippen molar-refractivity contribution in [2.45, 2.75) is 26.3 Å². The van der Waals surface area contributed by atoms with Gasteiger partial charge in [-0.1, -0.05) is 11.6 Å². The van der Waals surface area contributed by atoms with Gasteiger partial charge in [0, 0.05) is 31.9 Å². The molecule has 1 N–H and O–H groups in total. The summed E-state index contributed by atoms with van der Waals surface area (Å²) in [6, 6.07) is 4.58. The second kappa shape index (κ2) is 5.68. The number of fused-ring (bicyclic) bond motifs is 1. The predicted molar refractivity (Wildman–Crippen MR) is 77.5 cm³/mol. The van der Waals surface area contributed by atoms with Gasteiger partial charge in [0.05, 0.1) is 5.56 Å². The highest BCUT2D eigenvalue weighted by molar-refractivity contribution is 5.94. The van der Waals surface area contributed by atoms with Gasteiger partial charge in [0.15, 0.2) is 0 Å². The molecule has 4 nitrogen and oxygen atoms in total.